The van der Waals surface area contributed by atoms with E-state index in [4.69, 9.17) is 0 Å². The second-order valence-corrected chi connectivity index (χ2v) is 4.15. The number of aryl methyl sites for hydroxylation is 1. The van der Waals surface area contributed by atoms with Gasteiger partial charge in [0.05, 0.1) is 17.3 Å². The van der Waals surface area contributed by atoms with Gasteiger partial charge < -0.3 is 0 Å². The maximum absolute atomic E-state index is 10.8. The van der Waals surface area contributed by atoms with Crippen molar-refractivity contribution in [1.29, 1.82) is 0 Å². The fourth-order valence-electron chi connectivity index (χ4n) is 2.16. The maximum Gasteiger partial charge on any atom is 0.153 e. The van der Waals surface area contributed by atoms with E-state index in [1.54, 1.807) is 0 Å². The molecule has 0 N–H and O–H groups in total. The van der Waals surface area contributed by atoms with Crippen molar-refractivity contribution in [2.75, 3.05) is 19.6 Å². The fourth-order valence-corrected chi connectivity index (χ4v) is 2.16. The topological polar surface area (TPSA) is 38.1 Å². The van der Waals surface area contributed by atoms with Crippen LogP contribution in [0.15, 0.2) is 0 Å². The Hall–Kier alpha value is -1.16. The van der Waals surface area contributed by atoms with Gasteiger partial charge in [0.15, 0.2) is 6.29 Å². The van der Waals surface area contributed by atoms with Gasteiger partial charge in [-0.2, -0.15) is 5.10 Å². The molecule has 1 aliphatic rings. The van der Waals surface area contributed by atoms with Gasteiger partial charge in [-0.1, -0.05) is 6.92 Å². The molecular weight excluding hydrogens is 190 g/mol. The second kappa shape index (κ2) is 3.77. The number of aromatic nitrogens is 2. The standard InChI is InChI=1S/C11H17N3O/c1-4-13-5-10(6-13)14-9(3)11(7-15)8(2)12-14/h7,10H,4-6H2,1-3H3. The van der Waals surface area contributed by atoms with Crippen LogP contribution in [0.1, 0.15) is 34.7 Å². The van der Waals surface area contributed by atoms with E-state index in [-0.39, 0.29) is 0 Å². The van der Waals surface area contributed by atoms with E-state index in [1.807, 2.05) is 18.5 Å². The third-order valence-electron chi connectivity index (χ3n) is 3.23. The van der Waals surface area contributed by atoms with E-state index in [0.717, 1.165) is 42.9 Å². The van der Waals surface area contributed by atoms with E-state index in [0.29, 0.717) is 6.04 Å². The first kappa shape index (κ1) is 10.4. The molecule has 0 bridgehead atoms. The van der Waals surface area contributed by atoms with Crippen LogP contribution < -0.4 is 0 Å². The van der Waals surface area contributed by atoms with Gasteiger partial charge in [0.2, 0.25) is 0 Å². The summed E-state index contributed by atoms with van der Waals surface area (Å²) in [5.41, 5.74) is 2.60. The normalized spacial score (nSPS) is 17.8. The second-order valence-electron chi connectivity index (χ2n) is 4.15. The Kier molecular flexibility index (Phi) is 2.61. The van der Waals surface area contributed by atoms with Crippen LogP contribution in [-0.4, -0.2) is 40.6 Å². The molecule has 15 heavy (non-hydrogen) atoms. The fraction of sp³-hybridized carbons (Fsp3) is 0.636. The van der Waals surface area contributed by atoms with Crippen molar-refractivity contribution in [3.05, 3.63) is 17.0 Å². The number of nitrogens with zero attached hydrogens (tertiary/aromatic N) is 3. The number of hydrogen-bond donors (Lipinski definition) is 0. The minimum atomic E-state index is 0.456. The van der Waals surface area contributed by atoms with Crippen LogP contribution in [0.4, 0.5) is 0 Å². The van der Waals surface area contributed by atoms with Crippen molar-refractivity contribution in [2.45, 2.75) is 26.8 Å². The predicted octanol–water partition coefficient (Wildman–Crippen LogP) is 1.19. The Balaban J connectivity index is 2.20. The molecule has 1 fully saturated rings. The molecule has 0 amide bonds. The molecular formula is C11H17N3O. The van der Waals surface area contributed by atoms with E-state index in [1.165, 1.54) is 0 Å². The summed E-state index contributed by atoms with van der Waals surface area (Å²) in [5.74, 6) is 0. The molecule has 0 unspecified atom stereocenters. The molecule has 2 heterocycles. The van der Waals surface area contributed by atoms with Crippen molar-refractivity contribution < 1.29 is 4.79 Å². The predicted molar refractivity (Wildman–Crippen MR) is 58.2 cm³/mol. The number of hydrogen-bond acceptors (Lipinski definition) is 3. The molecule has 1 aliphatic heterocycles. The SMILES string of the molecule is CCN1CC(n2nc(C)c(C=O)c2C)C1. The highest BCUT2D eigenvalue weighted by molar-refractivity contribution is 5.78. The molecule has 0 spiro atoms. The zero-order chi connectivity index (χ0) is 11.0. The number of likely N-dealkylation sites (tertiary alicyclic amines) is 1. The van der Waals surface area contributed by atoms with Gasteiger partial charge in [-0.05, 0) is 20.4 Å². The van der Waals surface area contributed by atoms with Crippen molar-refractivity contribution in [1.82, 2.24) is 14.7 Å². The van der Waals surface area contributed by atoms with Crippen LogP contribution in [-0.2, 0) is 0 Å². The molecule has 0 radical (unpaired) electrons. The summed E-state index contributed by atoms with van der Waals surface area (Å²) in [6, 6.07) is 0.456. The molecule has 1 aromatic heterocycles. The number of carbonyl (C=O) groups is 1. The van der Waals surface area contributed by atoms with Gasteiger partial charge in [-0.3, -0.25) is 14.4 Å². The Morgan fingerprint density at radius 1 is 1.47 bits per heavy atom. The maximum atomic E-state index is 10.8. The zero-order valence-electron chi connectivity index (χ0n) is 9.53. The number of likely N-dealkylation sites (N-methyl/N-ethyl adjacent to an activating group) is 1. The third kappa shape index (κ3) is 1.59. The summed E-state index contributed by atoms with van der Waals surface area (Å²) in [6.07, 6.45) is 0.907. The summed E-state index contributed by atoms with van der Waals surface area (Å²) in [4.78, 5) is 13.2. The third-order valence-corrected chi connectivity index (χ3v) is 3.23. The lowest BCUT2D eigenvalue weighted by Gasteiger charge is -2.39. The molecule has 4 nitrogen and oxygen atoms in total. The van der Waals surface area contributed by atoms with Gasteiger partial charge >= 0.3 is 0 Å². The summed E-state index contributed by atoms with van der Waals surface area (Å²) in [6.45, 7) is 9.22. The molecule has 1 saturated heterocycles. The van der Waals surface area contributed by atoms with Gasteiger partial charge in [-0.25, -0.2) is 0 Å². The van der Waals surface area contributed by atoms with Crippen LogP contribution in [0.2, 0.25) is 0 Å². The Morgan fingerprint density at radius 2 is 2.13 bits per heavy atom. The van der Waals surface area contributed by atoms with Crippen molar-refractivity contribution in [3.8, 4) is 0 Å². The van der Waals surface area contributed by atoms with Crippen LogP contribution in [0.25, 0.3) is 0 Å². The highest BCUT2D eigenvalue weighted by Crippen LogP contribution is 2.23. The lowest BCUT2D eigenvalue weighted by molar-refractivity contribution is 0.103. The molecule has 2 rings (SSSR count). The first-order valence-electron chi connectivity index (χ1n) is 5.40. The average Bonchev–Trinajstić information content (AvgIpc) is 2.41. The quantitative estimate of drug-likeness (QED) is 0.699. The Bertz CT molecular complexity index is 377. The molecule has 0 saturated carbocycles. The lowest BCUT2D eigenvalue weighted by Crippen LogP contribution is -2.47. The van der Waals surface area contributed by atoms with Crippen LogP contribution in [0, 0.1) is 13.8 Å². The van der Waals surface area contributed by atoms with Crippen molar-refractivity contribution in [2.24, 2.45) is 0 Å². The molecule has 1 aromatic rings. The highest BCUT2D eigenvalue weighted by atomic mass is 16.1. The van der Waals surface area contributed by atoms with Gasteiger partial charge in [0.1, 0.15) is 0 Å². The van der Waals surface area contributed by atoms with E-state index in [9.17, 15) is 4.79 Å². The summed E-state index contributed by atoms with van der Waals surface area (Å²) in [5, 5.41) is 4.43. The minimum absolute atomic E-state index is 0.456. The van der Waals surface area contributed by atoms with Gasteiger partial charge in [0.25, 0.3) is 0 Å². The number of aldehydes is 1. The molecule has 0 aromatic carbocycles. The van der Waals surface area contributed by atoms with Crippen molar-refractivity contribution in [3.63, 3.8) is 0 Å². The first-order valence-corrected chi connectivity index (χ1v) is 5.40. The van der Waals surface area contributed by atoms with Crippen LogP contribution in [0.3, 0.4) is 0 Å². The highest BCUT2D eigenvalue weighted by Gasteiger charge is 2.29. The largest absolute Gasteiger partial charge is 0.299 e. The molecule has 82 valence electrons. The van der Waals surface area contributed by atoms with E-state index >= 15 is 0 Å². The average molecular weight is 207 g/mol. The molecule has 4 heteroatoms. The smallest absolute Gasteiger partial charge is 0.153 e. The van der Waals surface area contributed by atoms with Gasteiger partial charge in [0, 0.05) is 18.8 Å². The monoisotopic (exact) mass is 207 g/mol. The van der Waals surface area contributed by atoms with Crippen LogP contribution >= 0.6 is 0 Å². The Morgan fingerprint density at radius 3 is 2.60 bits per heavy atom. The van der Waals surface area contributed by atoms with E-state index in [2.05, 4.69) is 16.9 Å². The number of carbonyl (C=O) groups excluding carboxylic acids is 1. The minimum Gasteiger partial charge on any atom is -0.299 e. The lowest BCUT2D eigenvalue weighted by atomic mass is 10.1. The molecule has 0 aliphatic carbocycles. The van der Waals surface area contributed by atoms with Crippen LogP contribution in [0.5, 0.6) is 0 Å². The summed E-state index contributed by atoms with van der Waals surface area (Å²) in [7, 11) is 0. The van der Waals surface area contributed by atoms with E-state index < -0.39 is 0 Å². The first-order chi connectivity index (χ1) is 7.17. The zero-order valence-corrected chi connectivity index (χ0v) is 9.53. The summed E-state index contributed by atoms with van der Waals surface area (Å²) < 4.78 is 2.01. The molecule has 0 atom stereocenters. The van der Waals surface area contributed by atoms with Crippen molar-refractivity contribution >= 4 is 6.29 Å². The number of rotatable bonds is 3. The summed E-state index contributed by atoms with van der Waals surface area (Å²) >= 11 is 0. The Labute approximate surface area is 89.9 Å². The van der Waals surface area contributed by atoms with Gasteiger partial charge in [-0.15, -0.1) is 0 Å².